The number of hydrogen-bond acceptors (Lipinski definition) is 4. The minimum atomic E-state index is 0.150. The molecule has 0 amide bonds. The van der Waals surface area contributed by atoms with Gasteiger partial charge in [-0.2, -0.15) is 0 Å². The van der Waals surface area contributed by atoms with Crippen LogP contribution in [0.25, 0.3) is 11.0 Å². The molecule has 3 aromatic rings. The molecule has 22 heavy (non-hydrogen) atoms. The van der Waals surface area contributed by atoms with Crippen molar-refractivity contribution >= 4 is 11.0 Å². The van der Waals surface area contributed by atoms with E-state index >= 15 is 0 Å². The van der Waals surface area contributed by atoms with Crippen molar-refractivity contribution in [3.8, 4) is 0 Å². The Bertz CT molecular complexity index is 843. The number of aromatic nitrogens is 3. The van der Waals surface area contributed by atoms with Gasteiger partial charge in [0.25, 0.3) is 0 Å². The number of nitrogens with zero attached hydrogens (tertiary/aromatic N) is 3. The van der Waals surface area contributed by atoms with Gasteiger partial charge in [-0.3, -0.25) is 5.41 Å². The van der Waals surface area contributed by atoms with Crippen LogP contribution in [0.1, 0.15) is 23.4 Å². The van der Waals surface area contributed by atoms with Crippen molar-refractivity contribution in [1.82, 2.24) is 14.1 Å². The quantitative estimate of drug-likeness (QED) is 0.756. The maximum atomic E-state index is 9.05. The smallest absolute Gasteiger partial charge is 0.145 e. The molecule has 3 rings (SSSR count). The van der Waals surface area contributed by atoms with Gasteiger partial charge < -0.3 is 18.7 Å². The Labute approximate surface area is 128 Å². The van der Waals surface area contributed by atoms with E-state index in [9.17, 15) is 0 Å². The molecule has 116 valence electrons. The van der Waals surface area contributed by atoms with Crippen molar-refractivity contribution in [3.05, 3.63) is 47.2 Å². The van der Waals surface area contributed by atoms with Crippen LogP contribution in [0.15, 0.2) is 29.1 Å². The predicted molar refractivity (Wildman–Crippen MR) is 82.6 cm³/mol. The summed E-state index contributed by atoms with van der Waals surface area (Å²) in [5.41, 5.74) is 3.41. The van der Waals surface area contributed by atoms with Gasteiger partial charge >= 0.3 is 0 Å². The lowest BCUT2D eigenvalue weighted by atomic mass is 10.2. The molecule has 3 heterocycles. The molecular formula is C16H20N4O2. The molecule has 0 saturated heterocycles. The van der Waals surface area contributed by atoms with Crippen molar-refractivity contribution in [1.29, 1.82) is 5.41 Å². The summed E-state index contributed by atoms with van der Waals surface area (Å²) in [4.78, 5) is 4.54. The number of hydrogen-bond donors (Lipinski definition) is 2. The first-order chi connectivity index (χ1) is 10.6. The Hall–Kier alpha value is -2.34. The molecule has 0 aliphatic heterocycles. The molecule has 0 aliphatic carbocycles. The lowest BCUT2D eigenvalue weighted by Gasteiger charge is -2.08. The highest BCUT2D eigenvalue weighted by atomic mass is 16.3. The van der Waals surface area contributed by atoms with Crippen LogP contribution in [0.4, 0.5) is 0 Å². The summed E-state index contributed by atoms with van der Waals surface area (Å²) < 4.78 is 9.21. The minimum Gasteiger partial charge on any atom is -0.467 e. The molecule has 0 bridgehead atoms. The number of aliphatic hydroxyl groups excluding tert-OH is 1. The summed E-state index contributed by atoms with van der Waals surface area (Å²) >= 11 is 0. The van der Waals surface area contributed by atoms with Crippen LogP contribution in [0, 0.1) is 19.3 Å². The van der Waals surface area contributed by atoms with E-state index in [0.29, 0.717) is 25.0 Å². The van der Waals surface area contributed by atoms with Crippen molar-refractivity contribution < 1.29 is 9.52 Å². The maximum absolute atomic E-state index is 9.05. The molecule has 6 nitrogen and oxygen atoms in total. The fraction of sp³-hybridized carbons (Fsp3) is 0.375. The second-order valence-corrected chi connectivity index (χ2v) is 5.44. The third kappa shape index (κ3) is 2.35. The van der Waals surface area contributed by atoms with Gasteiger partial charge in [0.05, 0.1) is 24.5 Å². The van der Waals surface area contributed by atoms with Gasteiger partial charge in [-0.05, 0) is 38.0 Å². The zero-order chi connectivity index (χ0) is 15.7. The normalized spacial score (nSPS) is 11.4. The van der Waals surface area contributed by atoms with E-state index in [2.05, 4.69) is 9.55 Å². The number of aliphatic hydroxyl groups is 1. The third-order valence-electron chi connectivity index (χ3n) is 4.09. The van der Waals surface area contributed by atoms with Gasteiger partial charge in [0.1, 0.15) is 16.9 Å². The van der Waals surface area contributed by atoms with Gasteiger partial charge in [-0.1, -0.05) is 0 Å². The largest absolute Gasteiger partial charge is 0.467 e. The molecule has 0 fully saturated rings. The van der Waals surface area contributed by atoms with Gasteiger partial charge in [-0.15, -0.1) is 0 Å². The highest BCUT2D eigenvalue weighted by Gasteiger charge is 2.15. The number of aryl methyl sites for hydroxylation is 2. The fourth-order valence-electron chi connectivity index (χ4n) is 2.78. The predicted octanol–water partition coefficient (Wildman–Crippen LogP) is 1.96. The Morgan fingerprint density at radius 3 is 2.86 bits per heavy atom. The monoisotopic (exact) mass is 300 g/mol. The van der Waals surface area contributed by atoms with E-state index in [1.165, 1.54) is 0 Å². The van der Waals surface area contributed by atoms with E-state index in [1.54, 1.807) is 17.2 Å². The second kappa shape index (κ2) is 5.81. The molecule has 0 aliphatic rings. The van der Waals surface area contributed by atoms with Crippen molar-refractivity contribution in [3.63, 3.8) is 0 Å². The molecule has 0 atom stereocenters. The SMILES string of the molecule is Cc1c(C)n(CCCO)c2ncn(Cc3ccco3)c(=N)c12. The first-order valence-corrected chi connectivity index (χ1v) is 7.36. The van der Waals surface area contributed by atoms with Crippen LogP contribution < -0.4 is 5.49 Å². The average molecular weight is 300 g/mol. The van der Waals surface area contributed by atoms with E-state index in [1.807, 2.05) is 26.0 Å². The standard InChI is InChI=1S/C16H20N4O2/c1-11-12(2)20(6-4-7-21)16-14(11)15(17)19(10-18-16)9-13-5-3-8-22-13/h3,5,8,10,17,21H,4,6-7,9H2,1-2H3. The van der Waals surface area contributed by atoms with Crippen LogP contribution in [0.5, 0.6) is 0 Å². The zero-order valence-electron chi connectivity index (χ0n) is 12.8. The topological polar surface area (TPSA) is 80.0 Å². The Kier molecular flexibility index (Phi) is 3.85. The van der Waals surface area contributed by atoms with Crippen molar-refractivity contribution in [2.75, 3.05) is 6.61 Å². The Morgan fingerprint density at radius 2 is 2.18 bits per heavy atom. The summed E-state index contributed by atoms with van der Waals surface area (Å²) in [6, 6.07) is 3.73. The highest BCUT2D eigenvalue weighted by Crippen LogP contribution is 2.21. The fourth-order valence-corrected chi connectivity index (χ4v) is 2.78. The molecule has 0 aromatic carbocycles. The van der Waals surface area contributed by atoms with Crippen LogP contribution in [0.3, 0.4) is 0 Å². The first-order valence-electron chi connectivity index (χ1n) is 7.36. The Morgan fingerprint density at radius 1 is 1.36 bits per heavy atom. The number of furan rings is 1. The molecular weight excluding hydrogens is 280 g/mol. The summed E-state index contributed by atoms with van der Waals surface area (Å²) in [5, 5.41) is 18.4. The van der Waals surface area contributed by atoms with Gasteiger partial charge in [0, 0.05) is 18.8 Å². The minimum absolute atomic E-state index is 0.150. The number of fused-ring (bicyclic) bond motifs is 1. The average Bonchev–Trinajstić information content (AvgIpc) is 3.09. The van der Waals surface area contributed by atoms with Crippen LogP contribution in [0.2, 0.25) is 0 Å². The van der Waals surface area contributed by atoms with Crippen LogP contribution >= 0.6 is 0 Å². The summed E-state index contributed by atoms with van der Waals surface area (Å²) in [6.45, 7) is 5.41. The second-order valence-electron chi connectivity index (χ2n) is 5.44. The lowest BCUT2D eigenvalue weighted by Crippen LogP contribution is -2.21. The van der Waals surface area contributed by atoms with Gasteiger partial charge in [0.15, 0.2) is 0 Å². The number of nitrogens with one attached hydrogen (secondary N) is 1. The van der Waals surface area contributed by atoms with Crippen LogP contribution in [-0.4, -0.2) is 25.8 Å². The van der Waals surface area contributed by atoms with E-state index in [4.69, 9.17) is 14.9 Å². The maximum Gasteiger partial charge on any atom is 0.145 e. The van der Waals surface area contributed by atoms with Crippen LogP contribution in [-0.2, 0) is 13.1 Å². The lowest BCUT2D eigenvalue weighted by molar-refractivity contribution is 0.280. The molecule has 3 aromatic heterocycles. The van der Waals surface area contributed by atoms with E-state index < -0.39 is 0 Å². The van der Waals surface area contributed by atoms with E-state index in [0.717, 1.165) is 28.1 Å². The summed E-state index contributed by atoms with van der Waals surface area (Å²) in [7, 11) is 0. The number of rotatable bonds is 5. The highest BCUT2D eigenvalue weighted by molar-refractivity contribution is 5.80. The van der Waals surface area contributed by atoms with Gasteiger partial charge in [0.2, 0.25) is 0 Å². The molecule has 0 spiro atoms. The van der Waals surface area contributed by atoms with Crippen molar-refractivity contribution in [2.24, 2.45) is 0 Å². The zero-order valence-corrected chi connectivity index (χ0v) is 12.8. The summed E-state index contributed by atoms with van der Waals surface area (Å²) in [6.07, 6.45) is 3.99. The van der Waals surface area contributed by atoms with Crippen molar-refractivity contribution in [2.45, 2.75) is 33.4 Å². The molecule has 0 radical (unpaired) electrons. The van der Waals surface area contributed by atoms with E-state index in [-0.39, 0.29) is 6.61 Å². The Balaban J connectivity index is 2.11. The molecule has 2 N–H and O–H groups in total. The van der Waals surface area contributed by atoms with Gasteiger partial charge in [-0.25, -0.2) is 4.98 Å². The first kappa shape index (κ1) is 14.6. The summed E-state index contributed by atoms with van der Waals surface area (Å²) in [5.74, 6) is 0.800. The molecule has 6 heteroatoms. The molecule has 0 unspecified atom stereocenters. The third-order valence-corrected chi connectivity index (χ3v) is 4.09. The molecule has 0 saturated carbocycles.